The van der Waals surface area contributed by atoms with E-state index in [1.54, 1.807) is 0 Å². The summed E-state index contributed by atoms with van der Waals surface area (Å²) in [5.74, 6) is 0.202. The molecule has 0 bridgehead atoms. The molecule has 0 radical (unpaired) electrons. The van der Waals surface area contributed by atoms with Crippen LogP contribution in [0.25, 0.3) is 11.1 Å². The Morgan fingerprint density at radius 1 is 0.857 bits per heavy atom. The molecule has 0 heterocycles. The van der Waals surface area contributed by atoms with Gasteiger partial charge >= 0.3 is 0 Å². The van der Waals surface area contributed by atoms with E-state index in [1.165, 1.54) is 33.4 Å². The van der Waals surface area contributed by atoms with Crippen LogP contribution in [0, 0.1) is 34.6 Å². The van der Waals surface area contributed by atoms with E-state index in [4.69, 9.17) is 0 Å². The molecule has 2 aromatic rings. The van der Waals surface area contributed by atoms with Crippen LogP contribution < -0.4 is 0 Å². The van der Waals surface area contributed by atoms with Crippen molar-refractivity contribution >= 4 is 5.78 Å². The van der Waals surface area contributed by atoms with E-state index < -0.39 is 0 Å². The van der Waals surface area contributed by atoms with Crippen LogP contribution in [-0.4, -0.2) is 5.78 Å². The van der Waals surface area contributed by atoms with Crippen molar-refractivity contribution in [1.29, 1.82) is 0 Å². The van der Waals surface area contributed by atoms with Crippen LogP contribution >= 0.6 is 0 Å². The maximum absolute atomic E-state index is 12.0. The van der Waals surface area contributed by atoms with Crippen molar-refractivity contribution in [2.24, 2.45) is 0 Å². The molecular weight excluding hydrogens is 256 g/mol. The maximum Gasteiger partial charge on any atom is 0.162 e. The average molecular weight is 280 g/mol. The lowest BCUT2D eigenvalue weighted by Crippen LogP contribution is -2.01. The van der Waals surface area contributed by atoms with E-state index >= 15 is 0 Å². The van der Waals surface area contributed by atoms with Crippen LogP contribution in [-0.2, 0) is 0 Å². The fourth-order valence-electron chi connectivity index (χ4n) is 2.99. The van der Waals surface area contributed by atoms with E-state index in [2.05, 4.69) is 40.7 Å². The first-order chi connectivity index (χ1) is 9.88. The molecule has 0 aromatic heterocycles. The quantitative estimate of drug-likeness (QED) is 0.679. The van der Waals surface area contributed by atoms with Gasteiger partial charge in [-0.15, -0.1) is 0 Å². The highest BCUT2D eigenvalue weighted by molar-refractivity contribution is 5.97. The van der Waals surface area contributed by atoms with Crippen LogP contribution in [0.1, 0.15) is 51.5 Å². The number of rotatable bonds is 3. The molecule has 0 aliphatic heterocycles. The lowest BCUT2D eigenvalue weighted by atomic mass is 9.86. The third-order valence-electron chi connectivity index (χ3n) is 4.79. The normalized spacial score (nSPS) is 10.8. The van der Waals surface area contributed by atoms with Crippen molar-refractivity contribution in [3.05, 3.63) is 57.6 Å². The van der Waals surface area contributed by atoms with Gasteiger partial charge in [-0.3, -0.25) is 4.79 Å². The zero-order chi connectivity index (χ0) is 15.7. The number of carbonyl (C=O) groups is 1. The van der Waals surface area contributed by atoms with E-state index in [9.17, 15) is 4.79 Å². The Hall–Kier alpha value is -1.89. The number of carbonyl (C=O) groups excluding carboxylic acids is 1. The number of Topliss-reactive ketones (excluding diaryl/α,β-unsaturated/α-hetero) is 1. The van der Waals surface area contributed by atoms with Gasteiger partial charge in [-0.25, -0.2) is 0 Å². The van der Waals surface area contributed by atoms with Crippen molar-refractivity contribution in [2.45, 2.75) is 48.0 Å². The topological polar surface area (TPSA) is 17.1 Å². The Balaban J connectivity index is 2.71. The van der Waals surface area contributed by atoms with Gasteiger partial charge in [0.2, 0.25) is 0 Å². The Morgan fingerprint density at radius 3 is 1.90 bits per heavy atom. The summed E-state index contributed by atoms with van der Waals surface area (Å²) in [6, 6.07) is 8.04. The molecule has 0 spiro atoms. The maximum atomic E-state index is 12.0. The molecule has 21 heavy (non-hydrogen) atoms. The van der Waals surface area contributed by atoms with Gasteiger partial charge in [0.05, 0.1) is 0 Å². The summed E-state index contributed by atoms with van der Waals surface area (Å²) in [4.78, 5) is 12.0. The third kappa shape index (κ3) is 2.65. The first kappa shape index (κ1) is 15.5. The molecule has 1 nitrogen and oxygen atoms in total. The monoisotopic (exact) mass is 280 g/mol. The fraction of sp³-hybridized carbons (Fsp3) is 0.350. The lowest BCUT2D eigenvalue weighted by Gasteiger charge is -2.19. The number of benzene rings is 2. The Morgan fingerprint density at radius 2 is 1.38 bits per heavy atom. The second kappa shape index (κ2) is 5.85. The molecule has 0 aliphatic carbocycles. The van der Waals surface area contributed by atoms with Crippen molar-refractivity contribution < 1.29 is 4.79 Å². The van der Waals surface area contributed by atoms with Crippen LogP contribution in [0.5, 0.6) is 0 Å². The van der Waals surface area contributed by atoms with E-state index in [0.29, 0.717) is 6.42 Å². The smallest absolute Gasteiger partial charge is 0.162 e. The predicted molar refractivity (Wildman–Crippen MR) is 90.2 cm³/mol. The molecule has 0 saturated carbocycles. The van der Waals surface area contributed by atoms with Crippen molar-refractivity contribution in [3.63, 3.8) is 0 Å². The zero-order valence-corrected chi connectivity index (χ0v) is 13.9. The van der Waals surface area contributed by atoms with Gasteiger partial charge < -0.3 is 0 Å². The highest BCUT2D eigenvalue weighted by atomic mass is 16.1. The molecule has 0 amide bonds. The van der Waals surface area contributed by atoms with Crippen molar-refractivity contribution in [1.82, 2.24) is 0 Å². The van der Waals surface area contributed by atoms with E-state index in [0.717, 1.165) is 11.1 Å². The van der Waals surface area contributed by atoms with Crippen LogP contribution in [0.2, 0.25) is 0 Å². The zero-order valence-electron chi connectivity index (χ0n) is 13.9. The number of hydrogen-bond donors (Lipinski definition) is 0. The van der Waals surface area contributed by atoms with Crippen LogP contribution in [0.4, 0.5) is 0 Å². The second-order valence-corrected chi connectivity index (χ2v) is 5.86. The highest BCUT2D eigenvalue weighted by Crippen LogP contribution is 2.34. The summed E-state index contributed by atoms with van der Waals surface area (Å²) >= 11 is 0. The molecule has 2 aromatic carbocycles. The third-order valence-corrected chi connectivity index (χ3v) is 4.79. The minimum Gasteiger partial charge on any atom is -0.294 e. The summed E-state index contributed by atoms with van der Waals surface area (Å²) in [6.45, 7) is 12.8. The highest BCUT2D eigenvalue weighted by Gasteiger charge is 2.14. The fourth-order valence-corrected chi connectivity index (χ4v) is 2.99. The summed E-state index contributed by atoms with van der Waals surface area (Å²) in [5.41, 5.74) is 9.94. The lowest BCUT2D eigenvalue weighted by molar-refractivity contribution is 0.0988. The molecule has 2 rings (SSSR count). The summed E-state index contributed by atoms with van der Waals surface area (Å²) in [6.07, 6.45) is 0.549. The second-order valence-electron chi connectivity index (χ2n) is 5.86. The molecule has 1 heteroatoms. The molecule has 0 N–H and O–H groups in total. The van der Waals surface area contributed by atoms with Gasteiger partial charge in [-0.2, -0.15) is 0 Å². The Bertz CT molecular complexity index is 679. The number of hydrogen-bond acceptors (Lipinski definition) is 1. The molecule has 110 valence electrons. The summed E-state index contributed by atoms with van der Waals surface area (Å²) in [7, 11) is 0. The van der Waals surface area contributed by atoms with Crippen LogP contribution in [0.3, 0.4) is 0 Å². The van der Waals surface area contributed by atoms with Gasteiger partial charge in [0, 0.05) is 12.0 Å². The SMILES string of the molecule is CCC(=O)c1cccc(-c2c(C)c(C)c(C)c(C)c2C)c1. The Kier molecular flexibility index (Phi) is 4.32. The van der Waals surface area contributed by atoms with Gasteiger partial charge in [0.15, 0.2) is 5.78 Å². The van der Waals surface area contributed by atoms with Gasteiger partial charge in [0.25, 0.3) is 0 Å². The van der Waals surface area contributed by atoms with Gasteiger partial charge in [0.1, 0.15) is 0 Å². The molecule has 0 saturated heterocycles. The van der Waals surface area contributed by atoms with E-state index in [-0.39, 0.29) is 5.78 Å². The van der Waals surface area contributed by atoms with E-state index in [1.807, 2.05) is 25.1 Å². The molecular formula is C20H24O. The summed E-state index contributed by atoms with van der Waals surface area (Å²) < 4.78 is 0. The minimum atomic E-state index is 0.202. The minimum absolute atomic E-state index is 0.202. The first-order valence-electron chi connectivity index (χ1n) is 7.59. The molecule has 0 aliphatic rings. The Labute approximate surface area is 128 Å². The predicted octanol–water partition coefficient (Wildman–Crippen LogP) is 5.49. The summed E-state index contributed by atoms with van der Waals surface area (Å²) in [5, 5.41) is 0. The van der Waals surface area contributed by atoms with Crippen molar-refractivity contribution in [3.8, 4) is 11.1 Å². The largest absolute Gasteiger partial charge is 0.294 e. The first-order valence-corrected chi connectivity index (χ1v) is 7.59. The molecule has 0 unspecified atom stereocenters. The van der Waals surface area contributed by atoms with Crippen LogP contribution in [0.15, 0.2) is 24.3 Å². The molecule has 0 fully saturated rings. The van der Waals surface area contributed by atoms with Gasteiger partial charge in [-0.05, 0) is 79.6 Å². The standard InChI is InChI=1S/C20H24O/c1-7-19(21)17-9-8-10-18(11-17)20-15(5)13(3)12(2)14(4)16(20)6/h8-11H,7H2,1-6H3. The molecule has 0 atom stereocenters. The van der Waals surface area contributed by atoms with Gasteiger partial charge in [-0.1, -0.05) is 25.1 Å². The van der Waals surface area contributed by atoms with Crippen molar-refractivity contribution in [2.75, 3.05) is 0 Å². The average Bonchev–Trinajstić information content (AvgIpc) is 2.50. The number of ketones is 1.